The van der Waals surface area contributed by atoms with Crippen molar-refractivity contribution in [1.82, 2.24) is 25.1 Å². The van der Waals surface area contributed by atoms with E-state index in [1.54, 1.807) is 18.2 Å². The number of nitrogens with one attached hydrogen (secondary N) is 2. The van der Waals surface area contributed by atoms with Gasteiger partial charge in [0.15, 0.2) is 0 Å². The first-order chi connectivity index (χ1) is 20.7. The monoisotopic (exact) mass is 606 g/mol. The van der Waals surface area contributed by atoms with Gasteiger partial charge in [-0.25, -0.2) is 9.97 Å². The number of carbonyl (C=O) groups is 2. The van der Waals surface area contributed by atoms with Gasteiger partial charge in [-0.15, -0.1) is 0 Å². The number of amides is 2. The van der Waals surface area contributed by atoms with Crippen molar-refractivity contribution in [2.24, 2.45) is 0 Å². The molecule has 0 spiro atoms. The Hall–Kier alpha value is -3.73. The summed E-state index contributed by atoms with van der Waals surface area (Å²) in [5.74, 6) is 0.834. The van der Waals surface area contributed by atoms with Crippen molar-refractivity contribution in [3.63, 3.8) is 0 Å². The molecule has 1 saturated heterocycles. The first-order valence-electron chi connectivity index (χ1n) is 14.6. The Morgan fingerprint density at radius 1 is 1.21 bits per heavy atom. The molecule has 2 aliphatic rings. The van der Waals surface area contributed by atoms with Gasteiger partial charge in [-0.1, -0.05) is 35.9 Å². The van der Waals surface area contributed by atoms with Crippen LogP contribution in [0.2, 0.25) is 5.02 Å². The molecular weight excluding hydrogens is 568 g/mol. The number of methoxy groups -OCH3 is 1. The van der Waals surface area contributed by atoms with Gasteiger partial charge >= 0.3 is 0 Å². The van der Waals surface area contributed by atoms with Crippen molar-refractivity contribution in [3.8, 4) is 17.0 Å². The van der Waals surface area contributed by atoms with Crippen molar-refractivity contribution in [2.45, 2.75) is 50.9 Å². The van der Waals surface area contributed by atoms with Gasteiger partial charge in [0.05, 0.1) is 30.1 Å². The van der Waals surface area contributed by atoms with Crippen LogP contribution in [-0.2, 0) is 16.1 Å². The molecule has 1 aromatic heterocycles. The molecule has 0 radical (unpaired) electrons. The quantitative estimate of drug-likeness (QED) is 0.327. The average molecular weight is 607 g/mol. The van der Waals surface area contributed by atoms with E-state index in [0.29, 0.717) is 55.0 Å². The van der Waals surface area contributed by atoms with Gasteiger partial charge in [-0.2, -0.15) is 0 Å². The number of nitrogens with zero attached hydrogens (tertiary/aromatic N) is 4. The third-order valence-electron chi connectivity index (χ3n) is 8.00. The summed E-state index contributed by atoms with van der Waals surface area (Å²) < 4.78 is 10.8. The summed E-state index contributed by atoms with van der Waals surface area (Å²) in [6.07, 6.45) is 3.84. The molecule has 1 fully saturated rings. The van der Waals surface area contributed by atoms with Gasteiger partial charge in [-0.3, -0.25) is 9.59 Å². The zero-order chi connectivity index (χ0) is 30.5. The molecule has 0 saturated carbocycles. The van der Waals surface area contributed by atoms with Crippen LogP contribution in [0, 0.1) is 0 Å². The standard InChI is InChI=1S/C32H39ClN6O4/c1-20(21-6-5-7-25(16-21)42-4)35-30(40)28(10-13-38(2)3)39-19-23-9-8-22(17-26(23)31(39)41)29-27(33)18-34-32(37-29)36-24-11-14-43-15-12-24/h5-9,16-18,20,24,28H,10-15,19H2,1-4H3,(H,35,40)(H,34,36,37)/t20-,28-/m1/s1. The van der Waals surface area contributed by atoms with E-state index in [1.807, 2.05) is 68.4 Å². The highest BCUT2D eigenvalue weighted by molar-refractivity contribution is 6.33. The summed E-state index contributed by atoms with van der Waals surface area (Å²) in [7, 11) is 5.53. The van der Waals surface area contributed by atoms with Crippen LogP contribution < -0.4 is 15.4 Å². The normalized spacial score (nSPS) is 16.6. The second kappa shape index (κ2) is 13.7. The van der Waals surface area contributed by atoms with E-state index in [-0.39, 0.29) is 23.9 Å². The van der Waals surface area contributed by atoms with E-state index in [1.165, 1.54) is 0 Å². The predicted molar refractivity (Wildman–Crippen MR) is 166 cm³/mol. The van der Waals surface area contributed by atoms with Crippen molar-refractivity contribution in [1.29, 1.82) is 0 Å². The molecule has 3 heterocycles. The van der Waals surface area contributed by atoms with Crippen LogP contribution in [-0.4, -0.2) is 84.6 Å². The number of ether oxygens (including phenoxy) is 2. The Kier molecular flexibility index (Phi) is 9.79. The molecular formula is C32H39ClN6O4. The Balaban J connectivity index is 1.35. The van der Waals surface area contributed by atoms with E-state index >= 15 is 0 Å². The fourth-order valence-electron chi connectivity index (χ4n) is 5.50. The molecule has 2 N–H and O–H groups in total. The summed E-state index contributed by atoms with van der Waals surface area (Å²) in [5.41, 5.74) is 3.61. The highest BCUT2D eigenvalue weighted by Crippen LogP contribution is 2.33. The maximum atomic E-state index is 13.9. The molecule has 2 amide bonds. The lowest BCUT2D eigenvalue weighted by molar-refractivity contribution is -0.126. The lowest BCUT2D eigenvalue weighted by Crippen LogP contribution is -2.48. The SMILES string of the molecule is COc1cccc([C@@H](C)NC(=O)[C@@H](CCN(C)C)N2Cc3ccc(-c4nc(NC5CCOCC5)ncc4Cl)cc3C2=O)c1. The van der Waals surface area contributed by atoms with Crippen molar-refractivity contribution in [2.75, 3.05) is 46.3 Å². The molecule has 228 valence electrons. The molecule has 3 aromatic rings. The number of hydrogen-bond donors (Lipinski definition) is 2. The van der Waals surface area contributed by atoms with E-state index in [9.17, 15) is 9.59 Å². The van der Waals surface area contributed by atoms with E-state index in [4.69, 9.17) is 26.1 Å². The van der Waals surface area contributed by atoms with Crippen molar-refractivity contribution in [3.05, 3.63) is 70.4 Å². The first-order valence-corrected chi connectivity index (χ1v) is 15.0. The molecule has 2 aliphatic heterocycles. The molecule has 0 bridgehead atoms. The first kappa shape index (κ1) is 30.7. The van der Waals surface area contributed by atoms with Gasteiger partial charge in [0.1, 0.15) is 11.8 Å². The zero-order valence-corrected chi connectivity index (χ0v) is 25.9. The van der Waals surface area contributed by atoms with Crippen LogP contribution >= 0.6 is 11.6 Å². The van der Waals surface area contributed by atoms with Crippen LogP contribution in [0.5, 0.6) is 5.75 Å². The highest BCUT2D eigenvalue weighted by atomic mass is 35.5. The number of carbonyl (C=O) groups excluding carboxylic acids is 2. The number of benzene rings is 2. The molecule has 43 heavy (non-hydrogen) atoms. The van der Waals surface area contributed by atoms with Crippen molar-refractivity contribution >= 4 is 29.4 Å². The maximum absolute atomic E-state index is 13.9. The third kappa shape index (κ3) is 7.26. The van der Waals surface area contributed by atoms with E-state index in [2.05, 4.69) is 15.6 Å². The van der Waals surface area contributed by atoms with E-state index < -0.39 is 6.04 Å². The molecule has 0 aliphatic carbocycles. The molecule has 2 aromatic carbocycles. The smallest absolute Gasteiger partial charge is 0.255 e. The summed E-state index contributed by atoms with van der Waals surface area (Å²) >= 11 is 6.54. The van der Waals surface area contributed by atoms with Gasteiger partial charge in [-0.05, 0) is 76.2 Å². The molecule has 11 heteroatoms. The fraction of sp³-hybridized carbons (Fsp3) is 0.438. The van der Waals surface area contributed by atoms with E-state index in [0.717, 1.165) is 35.3 Å². The topological polar surface area (TPSA) is 109 Å². The number of rotatable bonds is 11. The minimum absolute atomic E-state index is 0.185. The number of aromatic nitrogens is 2. The van der Waals surface area contributed by atoms with Gasteiger partial charge < -0.3 is 29.9 Å². The Morgan fingerprint density at radius 2 is 2.00 bits per heavy atom. The number of hydrogen-bond acceptors (Lipinski definition) is 8. The van der Waals surface area contributed by atoms with Gasteiger partial charge in [0.25, 0.3) is 5.91 Å². The largest absolute Gasteiger partial charge is 0.497 e. The molecule has 2 atom stereocenters. The molecule has 5 rings (SSSR count). The second-order valence-corrected chi connectivity index (χ2v) is 11.7. The molecule has 0 unspecified atom stereocenters. The summed E-state index contributed by atoms with van der Waals surface area (Å²) in [4.78, 5) is 40.3. The zero-order valence-electron chi connectivity index (χ0n) is 25.1. The maximum Gasteiger partial charge on any atom is 0.255 e. The third-order valence-corrected chi connectivity index (χ3v) is 8.27. The van der Waals surface area contributed by atoms with Crippen LogP contribution in [0.4, 0.5) is 5.95 Å². The number of fused-ring (bicyclic) bond motifs is 1. The summed E-state index contributed by atoms with van der Waals surface area (Å²) in [6, 6.07) is 12.6. The van der Waals surface area contributed by atoms with Crippen molar-refractivity contribution < 1.29 is 19.1 Å². The summed E-state index contributed by atoms with van der Waals surface area (Å²) in [6.45, 7) is 4.33. The minimum atomic E-state index is -0.642. The van der Waals surface area contributed by atoms with Crippen LogP contribution in [0.3, 0.4) is 0 Å². The van der Waals surface area contributed by atoms with Crippen LogP contribution in [0.25, 0.3) is 11.3 Å². The minimum Gasteiger partial charge on any atom is -0.497 e. The molecule has 10 nitrogen and oxygen atoms in total. The highest BCUT2D eigenvalue weighted by Gasteiger charge is 2.37. The lowest BCUT2D eigenvalue weighted by atomic mass is 10.0. The summed E-state index contributed by atoms with van der Waals surface area (Å²) in [5, 5.41) is 6.90. The number of anilines is 1. The second-order valence-electron chi connectivity index (χ2n) is 11.3. The number of halogens is 1. The van der Waals surface area contributed by atoms with Gasteiger partial charge in [0.2, 0.25) is 11.9 Å². The average Bonchev–Trinajstić information content (AvgIpc) is 3.33. The van der Waals surface area contributed by atoms with Crippen LogP contribution in [0.15, 0.2) is 48.7 Å². The predicted octanol–water partition coefficient (Wildman–Crippen LogP) is 4.55. The lowest BCUT2D eigenvalue weighted by Gasteiger charge is -2.29. The van der Waals surface area contributed by atoms with Crippen LogP contribution in [0.1, 0.15) is 53.7 Å². The Morgan fingerprint density at radius 3 is 2.74 bits per heavy atom. The Labute approximate surface area is 257 Å². The fourth-order valence-corrected chi connectivity index (χ4v) is 5.70. The van der Waals surface area contributed by atoms with Gasteiger partial charge in [0, 0.05) is 36.9 Å². The Bertz CT molecular complexity index is 1460.